The van der Waals surface area contributed by atoms with Gasteiger partial charge in [-0.15, -0.1) is 11.3 Å². The minimum Gasteiger partial charge on any atom is -0.303 e. The van der Waals surface area contributed by atoms with Gasteiger partial charge in [-0.25, -0.2) is 4.39 Å². The lowest BCUT2D eigenvalue weighted by atomic mass is 10.1. The number of aldehydes is 1. The van der Waals surface area contributed by atoms with Crippen molar-refractivity contribution in [3.05, 3.63) is 71.4 Å². The molecule has 22 heavy (non-hydrogen) atoms. The van der Waals surface area contributed by atoms with Crippen LogP contribution in [0.4, 0.5) is 4.39 Å². The molecule has 110 valence electrons. The molecule has 0 spiro atoms. The maximum atomic E-state index is 13.0. The Kier molecular flexibility index (Phi) is 4.71. The van der Waals surface area contributed by atoms with Gasteiger partial charge in [0, 0.05) is 16.2 Å². The van der Waals surface area contributed by atoms with Gasteiger partial charge in [0.05, 0.1) is 4.21 Å². The van der Waals surface area contributed by atoms with E-state index in [1.165, 1.54) is 12.1 Å². The largest absolute Gasteiger partial charge is 0.303 e. The molecule has 4 heteroatoms. The number of hydrogen-bond acceptors (Lipinski definition) is 3. The van der Waals surface area contributed by atoms with E-state index in [1.807, 2.05) is 30.3 Å². The second-order valence-electron chi connectivity index (χ2n) is 4.70. The lowest BCUT2D eigenvalue weighted by Gasteiger charge is -2.00. The molecule has 0 fully saturated rings. The van der Waals surface area contributed by atoms with Crippen LogP contribution in [0, 0.1) is 5.82 Å². The molecular formula is C18H13FOS2. The van der Waals surface area contributed by atoms with Gasteiger partial charge in [-0.05, 0) is 41.5 Å². The molecule has 0 radical (unpaired) electrons. The topological polar surface area (TPSA) is 17.1 Å². The van der Waals surface area contributed by atoms with E-state index in [4.69, 9.17) is 0 Å². The van der Waals surface area contributed by atoms with Crippen molar-refractivity contribution >= 4 is 29.4 Å². The molecule has 1 heterocycles. The van der Waals surface area contributed by atoms with Crippen LogP contribution < -0.4 is 0 Å². The Hall–Kier alpha value is -1.91. The third-order valence-electron chi connectivity index (χ3n) is 3.17. The summed E-state index contributed by atoms with van der Waals surface area (Å²) in [7, 11) is 0. The molecule has 0 aliphatic rings. The smallest absolute Gasteiger partial charge is 0.125 e. The average molecular weight is 328 g/mol. The first-order valence-electron chi connectivity index (χ1n) is 6.81. The molecule has 1 nitrogen and oxygen atoms in total. The molecule has 2 aromatic carbocycles. The number of benzene rings is 2. The van der Waals surface area contributed by atoms with Gasteiger partial charge < -0.3 is 4.79 Å². The molecule has 0 saturated heterocycles. The first kappa shape index (κ1) is 15.0. The summed E-state index contributed by atoms with van der Waals surface area (Å²) in [6.45, 7) is 0. The van der Waals surface area contributed by atoms with Crippen LogP contribution in [0.5, 0.6) is 0 Å². The van der Waals surface area contributed by atoms with Crippen molar-refractivity contribution in [1.82, 2.24) is 0 Å². The summed E-state index contributed by atoms with van der Waals surface area (Å²) in [5, 5.41) is 0. The fourth-order valence-electron chi connectivity index (χ4n) is 2.16. The zero-order chi connectivity index (χ0) is 15.4. The van der Waals surface area contributed by atoms with Crippen molar-refractivity contribution in [3.8, 4) is 11.1 Å². The molecule has 3 rings (SSSR count). The van der Waals surface area contributed by atoms with Crippen LogP contribution in [0.3, 0.4) is 0 Å². The zero-order valence-corrected chi connectivity index (χ0v) is 13.3. The second-order valence-corrected chi connectivity index (χ2v) is 7.21. The Balaban J connectivity index is 1.92. The van der Waals surface area contributed by atoms with E-state index in [9.17, 15) is 9.18 Å². The van der Waals surface area contributed by atoms with Gasteiger partial charge in [0.1, 0.15) is 12.1 Å². The molecule has 0 bridgehead atoms. The van der Waals surface area contributed by atoms with E-state index in [-0.39, 0.29) is 5.82 Å². The summed E-state index contributed by atoms with van der Waals surface area (Å²) in [6.07, 6.45) is 1.35. The van der Waals surface area contributed by atoms with Gasteiger partial charge >= 0.3 is 0 Å². The first-order valence-corrected chi connectivity index (χ1v) is 8.45. The number of thiophene rings is 1. The van der Waals surface area contributed by atoms with Crippen LogP contribution >= 0.6 is 23.1 Å². The van der Waals surface area contributed by atoms with E-state index in [1.54, 1.807) is 35.2 Å². The molecule has 3 aromatic rings. The van der Waals surface area contributed by atoms with Crippen LogP contribution in [0.1, 0.15) is 4.88 Å². The Labute approximate surface area is 136 Å². The third-order valence-corrected chi connectivity index (χ3v) is 5.45. The second kappa shape index (κ2) is 6.90. The van der Waals surface area contributed by atoms with Crippen molar-refractivity contribution in [2.24, 2.45) is 0 Å². The monoisotopic (exact) mass is 328 g/mol. The van der Waals surface area contributed by atoms with Crippen LogP contribution in [0.2, 0.25) is 0 Å². The van der Waals surface area contributed by atoms with Crippen molar-refractivity contribution in [2.75, 3.05) is 0 Å². The molecule has 0 aliphatic carbocycles. The highest BCUT2D eigenvalue weighted by molar-refractivity contribution is 8.01. The fourth-order valence-corrected chi connectivity index (χ4v) is 4.46. The zero-order valence-electron chi connectivity index (χ0n) is 11.7. The Morgan fingerprint density at radius 3 is 2.45 bits per heavy atom. The number of hydrogen-bond donors (Lipinski definition) is 0. The highest BCUT2D eigenvalue weighted by Crippen LogP contribution is 2.39. The average Bonchev–Trinajstić information content (AvgIpc) is 2.93. The molecular weight excluding hydrogens is 315 g/mol. The van der Waals surface area contributed by atoms with Crippen LogP contribution in [-0.2, 0) is 11.2 Å². The van der Waals surface area contributed by atoms with Gasteiger partial charge in [0.15, 0.2) is 0 Å². The van der Waals surface area contributed by atoms with Gasteiger partial charge in [-0.1, -0.05) is 42.1 Å². The molecule has 0 aliphatic heterocycles. The van der Waals surface area contributed by atoms with Gasteiger partial charge in [-0.3, -0.25) is 0 Å². The number of rotatable bonds is 5. The quantitative estimate of drug-likeness (QED) is 0.580. The minimum absolute atomic E-state index is 0.234. The molecule has 0 unspecified atom stereocenters. The van der Waals surface area contributed by atoms with Gasteiger partial charge in [0.2, 0.25) is 0 Å². The minimum atomic E-state index is -0.234. The van der Waals surface area contributed by atoms with Crippen LogP contribution in [0.25, 0.3) is 11.1 Å². The van der Waals surface area contributed by atoms with Crippen LogP contribution in [0.15, 0.2) is 69.8 Å². The normalized spacial score (nSPS) is 10.6. The Bertz CT molecular complexity index is 764. The van der Waals surface area contributed by atoms with Gasteiger partial charge in [-0.2, -0.15) is 0 Å². The van der Waals surface area contributed by atoms with E-state index in [0.717, 1.165) is 31.4 Å². The summed E-state index contributed by atoms with van der Waals surface area (Å²) >= 11 is 3.20. The lowest BCUT2D eigenvalue weighted by Crippen LogP contribution is -1.84. The molecule has 0 atom stereocenters. The summed E-state index contributed by atoms with van der Waals surface area (Å²) in [6, 6.07) is 18.6. The summed E-state index contributed by atoms with van der Waals surface area (Å²) in [5.41, 5.74) is 2.21. The lowest BCUT2D eigenvalue weighted by molar-refractivity contribution is -0.107. The maximum Gasteiger partial charge on any atom is 0.125 e. The summed E-state index contributed by atoms with van der Waals surface area (Å²) in [4.78, 5) is 13.0. The molecule has 1 aromatic heterocycles. The highest BCUT2D eigenvalue weighted by atomic mass is 32.2. The summed E-state index contributed by atoms with van der Waals surface area (Å²) in [5.74, 6) is -0.234. The van der Waals surface area contributed by atoms with E-state index < -0.39 is 0 Å². The van der Waals surface area contributed by atoms with Crippen LogP contribution in [-0.4, -0.2) is 6.29 Å². The van der Waals surface area contributed by atoms with E-state index in [2.05, 4.69) is 6.07 Å². The predicted molar refractivity (Wildman–Crippen MR) is 90.0 cm³/mol. The van der Waals surface area contributed by atoms with E-state index in [0.29, 0.717) is 6.42 Å². The Morgan fingerprint density at radius 1 is 1.05 bits per heavy atom. The summed E-state index contributed by atoms with van der Waals surface area (Å²) < 4.78 is 14.1. The van der Waals surface area contributed by atoms with Crippen molar-refractivity contribution in [2.45, 2.75) is 15.5 Å². The first-order chi connectivity index (χ1) is 10.8. The standard InChI is InChI=1S/C18H13FOS2/c19-14-6-8-15(9-7-14)21-18-12-16(17(22-18)10-11-20)13-4-2-1-3-5-13/h1-9,11-12H,10H2. The molecule has 0 amide bonds. The van der Waals surface area contributed by atoms with E-state index >= 15 is 0 Å². The third kappa shape index (κ3) is 3.46. The Morgan fingerprint density at radius 2 is 1.77 bits per heavy atom. The number of carbonyl (C=O) groups excluding carboxylic acids is 1. The SMILES string of the molecule is O=CCc1sc(Sc2ccc(F)cc2)cc1-c1ccccc1. The van der Waals surface area contributed by atoms with Crippen molar-refractivity contribution < 1.29 is 9.18 Å². The molecule has 0 N–H and O–H groups in total. The number of carbonyl (C=O) groups is 1. The number of halogens is 1. The van der Waals surface area contributed by atoms with Gasteiger partial charge in [0.25, 0.3) is 0 Å². The highest BCUT2D eigenvalue weighted by Gasteiger charge is 2.11. The predicted octanol–water partition coefficient (Wildman–Crippen LogP) is 5.45. The van der Waals surface area contributed by atoms with Crippen molar-refractivity contribution in [3.63, 3.8) is 0 Å². The van der Waals surface area contributed by atoms with Crippen molar-refractivity contribution in [1.29, 1.82) is 0 Å². The maximum absolute atomic E-state index is 13.0. The fraction of sp³-hybridized carbons (Fsp3) is 0.0556. The molecule has 0 saturated carbocycles.